The molecule has 7 heteroatoms. The fourth-order valence-electron chi connectivity index (χ4n) is 1.25. The lowest BCUT2D eigenvalue weighted by Crippen LogP contribution is -2.61. The van der Waals surface area contributed by atoms with Crippen LogP contribution in [0.25, 0.3) is 0 Å². The van der Waals surface area contributed by atoms with Crippen LogP contribution in [0.15, 0.2) is 0 Å². The van der Waals surface area contributed by atoms with Gasteiger partial charge < -0.3 is 19.7 Å². The third kappa shape index (κ3) is 4.36. The van der Waals surface area contributed by atoms with E-state index in [0.29, 0.717) is 0 Å². The van der Waals surface area contributed by atoms with Crippen molar-refractivity contribution in [2.45, 2.75) is 52.0 Å². The number of rotatable bonds is 5. The van der Waals surface area contributed by atoms with Crippen LogP contribution in [0.1, 0.15) is 34.6 Å². The number of aliphatic carboxylic acids is 1. The van der Waals surface area contributed by atoms with Crippen molar-refractivity contribution in [3.8, 4) is 0 Å². The highest BCUT2D eigenvalue weighted by atomic mass is 16.6. The molecule has 0 aliphatic carbocycles. The van der Waals surface area contributed by atoms with Crippen LogP contribution in [0.3, 0.4) is 0 Å². The lowest BCUT2D eigenvalue weighted by Gasteiger charge is -2.38. The first-order chi connectivity index (χ1) is 8.46. The maximum Gasteiger partial charge on any atom is 0.411 e. The fourth-order valence-corrected chi connectivity index (χ4v) is 1.25. The minimum absolute atomic E-state index is 0.117. The van der Waals surface area contributed by atoms with Crippen LogP contribution in [-0.4, -0.2) is 58.3 Å². The number of likely N-dealkylation sites (N-methyl/N-ethyl adjacent to an activating group) is 1. The van der Waals surface area contributed by atoms with E-state index in [1.54, 1.807) is 27.7 Å². The van der Waals surface area contributed by atoms with E-state index in [1.165, 1.54) is 14.0 Å². The van der Waals surface area contributed by atoms with Gasteiger partial charge in [-0.05, 0) is 34.6 Å². The average Bonchev–Trinajstić information content (AvgIpc) is 2.24. The van der Waals surface area contributed by atoms with Gasteiger partial charge in [0, 0.05) is 13.7 Å². The molecule has 0 aliphatic rings. The molecule has 0 saturated carbocycles. The molecule has 2 atom stereocenters. The van der Waals surface area contributed by atoms with Crippen molar-refractivity contribution < 1.29 is 29.3 Å². The molecular weight excluding hydrogens is 254 g/mol. The van der Waals surface area contributed by atoms with Gasteiger partial charge in [0.25, 0.3) is 0 Å². The molecule has 112 valence electrons. The van der Waals surface area contributed by atoms with Crippen LogP contribution in [0.4, 0.5) is 4.79 Å². The molecule has 0 aromatic rings. The number of amides is 1. The molecule has 7 nitrogen and oxygen atoms in total. The highest BCUT2D eigenvalue weighted by molar-refractivity contribution is 5.84. The van der Waals surface area contributed by atoms with Gasteiger partial charge in [0.2, 0.25) is 0 Å². The quantitative estimate of drug-likeness (QED) is 0.729. The van der Waals surface area contributed by atoms with Gasteiger partial charge >= 0.3 is 12.1 Å². The normalized spacial score (nSPS) is 16.4. The van der Waals surface area contributed by atoms with E-state index in [-0.39, 0.29) is 6.61 Å². The van der Waals surface area contributed by atoms with Crippen LogP contribution >= 0.6 is 0 Å². The molecule has 0 aromatic carbocycles. The number of carboxylic acid groups (broad SMARTS) is 1. The van der Waals surface area contributed by atoms with E-state index in [2.05, 4.69) is 0 Å². The molecule has 0 rings (SSSR count). The van der Waals surface area contributed by atoms with E-state index >= 15 is 0 Å². The number of nitrogens with zero attached hydrogens (tertiary/aromatic N) is 1. The van der Waals surface area contributed by atoms with Crippen molar-refractivity contribution >= 4 is 12.1 Å². The Kier molecular flexibility index (Phi) is 5.77. The SMILES string of the molecule is CCOC(O)[C@@](C)(C(=O)O)N(C)C(=O)OC(C)(C)C. The Bertz CT molecular complexity index is 338. The van der Waals surface area contributed by atoms with Gasteiger partial charge in [-0.3, -0.25) is 4.90 Å². The molecule has 0 spiro atoms. The molecule has 0 heterocycles. The van der Waals surface area contributed by atoms with Crippen molar-refractivity contribution in [3.63, 3.8) is 0 Å². The van der Waals surface area contributed by atoms with Crippen molar-refractivity contribution in [2.75, 3.05) is 13.7 Å². The molecule has 0 bridgehead atoms. The fraction of sp³-hybridized carbons (Fsp3) is 0.833. The summed E-state index contributed by atoms with van der Waals surface area (Å²) in [4.78, 5) is 24.1. The zero-order valence-corrected chi connectivity index (χ0v) is 12.3. The second-order valence-electron chi connectivity index (χ2n) is 5.30. The van der Waals surface area contributed by atoms with Gasteiger partial charge in [-0.25, -0.2) is 9.59 Å². The number of hydrogen-bond donors (Lipinski definition) is 2. The number of carbonyl (C=O) groups excluding carboxylic acids is 1. The Morgan fingerprint density at radius 3 is 2.05 bits per heavy atom. The van der Waals surface area contributed by atoms with Gasteiger partial charge in [0.15, 0.2) is 11.8 Å². The first-order valence-electron chi connectivity index (χ1n) is 5.96. The zero-order chi connectivity index (χ0) is 15.4. The molecule has 0 saturated heterocycles. The summed E-state index contributed by atoms with van der Waals surface area (Å²) in [5, 5.41) is 19.1. The predicted molar refractivity (Wildman–Crippen MR) is 67.7 cm³/mol. The number of carbonyl (C=O) groups is 2. The molecule has 0 aliphatic heterocycles. The number of aliphatic hydroxyl groups excluding tert-OH is 1. The Hall–Kier alpha value is -1.34. The van der Waals surface area contributed by atoms with Crippen LogP contribution in [0, 0.1) is 0 Å². The van der Waals surface area contributed by atoms with Crippen molar-refractivity contribution in [1.29, 1.82) is 0 Å². The Morgan fingerprint density at radius 2 is 1.74 bits per heavy atom. The van der Waals surface area contributed by atoms with Crippen LogP contribution in [0.2, 0.25) is 0 Å². The first kappa shape index (κ1) is 17.7. The van der Waals surface area contributed by atoms with Gasteiger partial charge in [-0.15, -0.1) is 0 Å². The van der Waals surface area contributed by atoms with E-state index < -0.39 is 29.5 Å². The zero-order valence-electron chi connectivity index (χ0n) is 12.3. The molecule has 19 heavy (non-hydrogen) atoms. The Morgan fingerprint density at radius 1 is 1.26 bits per heavy atom. The third-order valence-corrected chi connectivity index (χ3v) is 2.60. The van der Waals surface area contributed by atoms with Crippen molar-refractivity contribution in [3.05, 3.63) is 0 Å². The van der Waals surface area contributed by atoms with Crippen molar-refractivity contribution in [1.82, 2.24) is 4.90 Å². The summed E-state index contributed by atoms with van der Waals surface area (Å²) in [5.74, 6) is -1.39. The van der Waals surface area contributed by atoms with Crippen LogP contribution in [-0.2, 0) is 14.3 Å². The average molecular weight is 277 g/mol. The molecule has 1 amide bonds. The van der Waals surface area contributed by atoms with E-state index in [9.17, 15) is 19.8 Å². The molecule has 0 radical (unpaired) electrons. The van der Waals surface area contributed by atoms with Gasteiger partial charge in [0.1, 0.15) is 5.60 Å². The van der Waals surface area contributed by atoms with Gasteiger partial charge in [-0.1, -0.05) is 0 Å². The second-order valence-corrected chi connectivity index (χ2v) is 5.30. The summed E-state index contributed by atoms with van der Waals surface area (Å²) in [6, 6.07) is 0. The molecule has 1 unspecified atom stereocenters. The number of ether oxygens (including phenoxy) is 2. The predicted octanol–water partition coefficient (Wildman–Crippen LogP) is 1.05. The lowest BCUT2D eigenvalue weighted by molar-refractivity contribution is -0.194. The smallest absolute Gasteiger partial charge is 0.411 e. The van der Waals surface area contributed by atoms with E-state index in [1.807, 2.05) is 0 Å². The third-order valence-electron chi connectivity index (χ3n) is 2.60. The highest BCUT2D eigenvalue weighted by Gasteiger charge is 2.49. The summed E-state index contributed by atoms with van der Waals surface area (Å²) in [7, 11) is 1.24. The molecule has 0 aromatic heterocycles. The number of aliphatic hydroxyl groups is 1. The largest absolute Gasteiger partial charge is 0.479 e. The highest BCUT2D eigenvalue weighted by Crippen LogP contribution is 2.22. The molecular formula is C12H23NO6. The Balaban J connectivity index is 5.19. The van der Waals surface area contributed by atoms with Crippen LogP contribution < -0.4 is 0 Å². The van der Waals surface area contributed by atoms with E-state index in [0.717, 1.165) is 4.90 Å². The monoisotopic (exact) mass is 277 g/mol. The number of hydrogen-bond acceptors (Lipinski definition) is 5. The van der Waals surface area contributed by atoms with Crippen LogP contribution in [0.5, 0.6) is 0 Å². The van der Waals surface area contributed by atoms with Crippen molar-refractivity contribution in [2.24, 2.45) is 0 Å². The summed E-state index contributed by atoms with van der Waals surface area (Å²) in [6.45, 7) is 7.91. The maximum atomic E-state index is 11.9. The molecule has 0 fully saturated rings. The number of carboxylic acids is 1. The topological polar surface area (TPSA) is 96.3 Å². The second kappa shape index (κ2) is 6.21. The summed E-state index contributed by atoms with van der Waals surface area (Å²) >= 11 is 0. The van der Waals surface area contributed by atoms with Gasteiger partial charge in [-0.2, -0.15) is 0 Å². The van der Waals surface area contributed by atoms with E-state index in [4.69, 9.17) is 9.47 Å². The molecule has 2 N–H and O–H groups in total. The standard InChI is InChI=1S/C12H23NO6/c1-7-18-9(16)12(5,8(14)15)13(6)10(17)19-11(2,3)4/h9,16H,7H2,1-6H3,(H,14,15)/t9?,12-/m1/s1. The summed E-state index contributed by atoms with van der Waals surface area (Å²) in [6.07, 6.45) is -2.51. The minimum atomic E-state index is -1.93. The minimum Gasteiger partial charge on any atom is -0.479 e. The lowest BCUT2D eigenvalue weighted by atomic mass is 10.0. The summed E-state index contributed by atoms with van der Waals surface area (Å²) in [5.41, 5.74) is -2.69. The first-order valence-corrected chi connectivity index (χ1v) is 5.96. The Labute approximate surface area is 113 Å². The van der Waals surface area contributed by atoms with Gasteiger partial charge in [0.05, 0.1) is 0 Å². The maximum absolute atomic E-state index is 11.9. The summed E-state index contributed by atoms with van der Waals surface area (Å²) < 4.78 is 9.98.